The van der Waals surface area contributed by atoms with E-state index in [0.717, 1.165) is 11.3 Å². The molecule has 0 amide bonds. The Morgan fingerprint density at radius 1 is 1.29 bits per heavy atom. The molecule has 14 heavy (non-hydrogen) atoms. The number of hydrazine groups is 1. The molecule has 0 aliphatic carbocycles. The standard InChI is InChI=1S/C10H15N3O/c1-6-9(12-13-10(6)14)7-4-2-3-5-8(7)11/h2-6,9-10,12-14H,11H2,1H3. The van der Waals surface area contributed by atoms with E-state index in [2.05, 4.69) is 10.9 Å². The minimum absolute atomic E-state index is 0.0752. The molecule has 1 saturated heterocycles. The third-order valence-corrected chi connectivity index (χ3v) is 2.74. The summed E-state index contributed by atoms with van der Waals surface area (Å²) in [5.74, 6) is 0.111. The number of para-hydroxylation sites is 1. The second kappa shape index (κ2) is 3.57. The zero-order chi connectivity index (χ0) is 10.1. The number of hydrogen-bond acceptors (Lipinski definition) is 4. The van der Waals surface area contributed by atoms with Crippen LogP contribution in [0.2, 0.25) is 0 Å². The van der Waals surface area contributed by atoms with Gasteiger partial charge < -0.3 is 10.8 Å². The van der Waals surface area contributed by atoms with E-state index in [0.29, 0.717) is 0 Å². The van der Waals surface area contributed by atoms with Gasteiger partial charge in [-0.1, -0.05) is 25.1 Å². The normalized spacial score (nSPS) is 32.0. The highest BCUT2D eigenvalue weighted by atomic mass is 16.3. The molecule has 0 aromatic heterocycles. The lowest BCUT2D eigenvalue weighted by Gasteiger charge is -2.17. The third-order valence-electron chi connectivity index (χ3n) is 2.74. The predicted molar refractivity (Wildman–Crippen MR) is 55.0 cm³/mol. The van der Waals surface area contributed by atoms with Gasteiger partial charge in [0.15, 0.2) is 0 Å². The topological polar surface area (TPSA) is 70.3 Å². The number of aliphatic hydroxyl groups is 1. The zero-order valence-corrected chi connectivity index (χ0v) is 8.07. The molecule has 1 aromatic rings. The van der Waals surface area contributed by atoms with Crippen LogP contribution in [0.1, 0.15) is 18.5 Å². The van der Waals surface area contributed by atoms with Crippen molar-refractivity contribution in [2.24, 2.45) is 5.92 Å². The highest BCUT2D eigenvalue weighted by molar-refractivity contribution is 5.48. The molecule has 1 fully saturated rings. The summed E-state index contributed by atoms with van der Waals surface area (Å²) in [4.78, 5) is 0. The Morgan fingerprint density at radius 3 is 2.57 bits per heavy atom. The van der Waals surface area contributed by atoms with Gasteiger partial charge in [-0.15, -0.1) is 0 Å². The summed E-state index contributed by atoms with van der Waals surface area (Å²) in [5, 5.41) is 9.51. The molecule has 3 unspecified atom stereocenters. The fraction of sp³-hybridized carbons (Fsp3) is 0.400. The Kier molecular flexibility index (Phi) is 2.41. The number of hydrogen-bond donors (Lipinski definition) is 4. The minimum Gasteiger partial charge on any atom is -0.398 e. The van der Waals surface area contributed by atoms with Crippen molar-refractivity contribution in [3.63, 3.8) is 0 Å². The number of anilines is 1. The summed E-state index contributed by atoms with van der Waals surface area (Å²) in [7, 11) is 0. The van der Waals surface area contributed by atoms with Crippen LogP contribution in [0.3, 0.4) is 0 Å². The zero-order valence-electron chi connectivity index (χ0n) is 8.07. The third kappa shape index (κ3) is 1.48. The molecule has 5 N–H and O–H groups in total. The molecule has 4 heteroatoms. The SMILES string of the molecule is CC1C(O)NNC1c1ccccc1N. The second-order valence-corrected chi connectivity index (χ2v) is 3.70. The van der Waals surface area contributed by atoms with Gasteiger partial charge >= 0.3 is 0 Å². The molecule has 1 heterocycles. The first-order valence-electron chi connectivity index (χ1n) is 4.73. The van der Waals surface area contributed by atoms with Gasteiger partial charge in [0.1, 0.15) is 6.23 Å². The molecule has 76 valence electrons. The fourth-order valence-electron chi connectivity index (χ4n) is 1.78. The summed E-state index contributed by atoms with van der Waals surface area (Å²) in [6.07, 6.45) is -0.514. The minimum atomic E-state index is -0.514. The van der Waals surface area contributed by atoms with Crippen molar-refractivity contribution in [2.75, 3.05) is 5.73 Å². The molecule has 4 nitrogen and oxygen atoms in total. The van der Waals surface area contributed by atoms with E-state index in [1.54, 1.807) is 0 Å². The van der Waals surface area contributed by atoms with E-state index in [1.165, 1.54) is 0 Å². The molecule has 1 aromatic carbocycles. The van der Waals surface area contributed by atoms with E-state index in [1.807, 2.05) is 31.2 Å². The lowest BCUT2D eigenvalue weighted by molar-refractivity contribution is 0.114. The highest BCUT2D eigenvalue weighted by Gasteiger charge is 2.32. The van der Waals surface area contributed by atoms with Gasteiger partial charge in [-0.25, -0.2) is 10.9 Å². The quantitative estimate of drug-likeness (QED) is 0.486. The molecule has 0 radical (unpaired) electrons. The number of nitrogen functional groups attached to an aromatic ring is 1. The number of nitrogens with one attached hydrogen (secondary N) is 2. The maximum absolute atomic E-state index is 9.51. The number of benzene rings is 1. The van der Waals surface area contributed by atoms with Crippen LogP contribution in [0, 0.1) is 5.92 Å². The Bertz CT molecular complexity index is 329. The Labute approximate surface area is 83.1 Å². The van der Waals surface area contributed by atoms with Crippen LogP contribution in [-0.4, -0.2) is 11.3 Å². The van der Waals surface area contributed by atoms with Crippen molar-refractivity contribution >= 4 is 5.69 Å². The smallest absolute Gasteiger partial charge is 0.121 e. The van der Waals surface area contributed by atoms with Crippen LogP contribution in [0.25, 0.3) is 0 Å². The first-order chi connectivity index (χ1) is 6.70. The van der Waals surface area contributed by atoms with Crippen LogP contribution in [0.4, 0.5) is 5.69 Å². The average molecular weight is 193 g/mol. The largest absolute Gasteiger partial charge is 0.398 e. The van der Waals surface area contributed by atoms with Gasteiger partial charge in [0, 0.05) is 11.6 Å². The van der Waals surface area contributed by atoms with Crippen molar-refractivity contribution in [2.45, 2.75) is 19.2 Å². The van der Waals surface area contributed by atoms with Crippen molar-refractivity contribution in [1.82, 2.24) is 10.9 Å². The van der Waals surface area contributed by atoms with Gasteiger partial charge in [-0.05, 0) is 11.6 Å². The molecule has 2 rings (SSSR count). The van der Waals surface area contributed by atoms with E-state index < -0.39 is 6.23 Å². The maximum Gasteiger partial charge on any atom is 0.121 e. The molecule has 0 spiro atoms. The summed E-state index contributed by atoms with van der Waals surface area (Å²) >= 11 is 0. The van der Waals surface area contributed by atoms with E-state index in [9.17, 15) is 5.11 Å². The van der Waals surface area contributed by atoms with Crippen molar-refractivity contribution in [3.8, 4) is 0 Å². The van der Waals surface area contributed by atoms with Crippen molar-refractivity contribution < 1.29 is 5.11 Å². The molecule has 1 aliphatic heterocycles. The van der Waals surface area contributed by atoms with Crippen LogP contribution in [-0.2, 0) is 0 Å². The van der Waals surface area contributed by atoms with Crippen LogP contribution in [0.5, 0.6) is 0 Å². The van der Waals surface area contributed by atoms with Gasteiger partial charge in [-0.2, -0.15) is 0 Å². The first kappa shape index (κ1) is 9.45. The molecule has 1 aliphatic rings. The van der Waals surface area contributed by atoms with Gasteiger partial charge in [0.2, 0.25) is 0 Å². The average Bonchev–Trinajstić information content (AvgIpc) is 2.49. The lowest BCUT2D eigenvalue weighted by Crippen LogP contribution is -2.31. The highest BCUT2D eigenvalue weighted by Crippen LogP contribution is 2.30. The van der Waals surface area contributed by atoms with Crippen molar-refractivity contribution in [1.29, 1.82) is 0 Å². The van der Waals surface area contributed by atoms with E-state index in [4.69, 9.17) is 5.73 Å². The van der Waals surface area contributed by atoms with Gasteiger partial charge in [-0.3, -0.25) is 0 Å². The summed E-state index contributed by atoms with van der Waals surface area (Å²) < 4.78 is 0. The molecule has 3 atom stereocenters. The second-order valence-electron chi connectivity index (χ2n) is 3.70. The first-order valence-corrected chi connectivity index (χ1v) is 4.73. The number of aliphatic hydroxyl groups excluding tert-OH is 1. The molecule has 0 saturated carbocycles. The van der Waals surface area contributed by atoms with Crippen LogP contribution in [0.15, 0.2) is 24.3 Å². The summed E-state index contributed by atoms with van der Waals surface area (Å²) in [5.41, 5.74) is 13.5. The lowest BCUT2D eigenvalue weighted by atomic mass is 9.94. The van der Waals surface area contributed by atoms with E-state index >= 15 is 0 Å². The van der Waals surface area contributed by atoms with Crippen molar-refractivity contribution in [3.05, 3.63) is 29.8 Å². The van der Waals surface area contributed by atoms with Gasteiger partial charge in [0.25, 0.3) is 0 Å². The van der Waals surface area contributed by atoms with E-state index in [-0.39, 0.29) is 12.0 Å². The number of nitrogens with two attached hydrogens (primary N) is 1. The summed E-state index contributed by atoms with van der Waals surface area (Å²) in [6, 6.07) is 7.77. The molecular formula is C10H15N3O. The monoisotopic (exact) mass is 193 g/mol. The Hall–Kier alpha value is -1.10. The Balaban J connectivity index is 2.28. The van der Waals surface area contributed by atoms with Crippen LogP contribution >= 0.6 is 0 Å². The maximum atomic E-state index is 9.51. The molecule has 0 bridgehead atoms. The van der Waals surface area contributed by atoms with Gasteiger partial charge in [0.05, 0.1) is 6.04 Å². The summed E-state index contributed by atoms with van der Waals surface area (Å²) in [6.45, 7) is 1.98. The fourth-order valence-corrected chi connectivity index (χ4v) is 1.78. The Morgan fingerprint density at radius 2 is 2.00 bits per heavy atom. The number of rotatable bonds is 1. The van der Waals surface area contributed by atoms with Crippen LogP contribution < -0.4 is 16.6 Å². The molecular weight excluding hydrogens is 178 g/mol. The predicted octanol–water partition coefficient (Wildman–Crippen LogP) is 0.372.